The normalized spacial score (nSPS) is 14.9. The first-order valence-electron chi connectivity index (χ1n) is 5.82. The summed E-state index contributed by atoms with van der Waals surface area (Å²) in [6, 6.07) is 4.20. The van der Waals surface area contributed by atoms with Crippen molar-refractivity contribution >= 4 is 11.7 Å². The number of carbonyl (C=O) groups is 1. The average Bonchev–Trinajstić information content (AvgIpc) is 3.05. The van der Waals surface area contributed by atoms with Gasteiger partial charge in [0.1, 0.15) is 5.82 Å². The summed E-state index contributed by atoms with van der Waals surface area (Å²) in [5, 5.41) is 2.96. The summed E-state index contributed by atoms with van der Waals surface area (Å²) in [5.41, 5.74) is 6.71. The first-order valence-corrected chi connectivity index (χ1v) is 5.82. The number of nitrogen functional groups attached to an aromatic ring is 1. The molecule has 0 aliphatic heterocycles. The van der Waals surface area contributed by atoms with Gasteiger partial charge in [0.25, 0.3) is 0 Å². The molecule has 0 aromatic carbocycles. The van der Waals surface area contributed by atoms with Gasteiger partial charge in [-0.2, -0.15) is 0 Å². The Morgan fingerprint density at radius 1 is 1.65 bits per heavy atom. The van der Waals surface area contributed by atoms with Crippen molar-refractivity contribution in [1.82, 2.24) is 15.2 Å². The van der Waals surface area contributed by atoms with Crippen LogP contribution in [-0.2, 0) is 11.3 Å². The lowest BCUT2D eigenvalue weighted by Crippen LogP contribution is -2.36. The van der Waals surface area contributed by atoms with Crippen LogP contribution in [-0.4, -0.2) is 35.4 Å². The molecule has 92 valence electrons. The summed E-state index contributed by atoms with van der Waals surface area (Å²) in [7, 11) is 1.90. The van der Waals surface area contributed by atoms with Crippen molar-refractivity contribution in [2.24, 2.45) is 0 Å². The summed E-state index contributed by atoms with van der Waals surface area (Å²) in [5.74, 6) is 0.611. The van der Waals surface area contributed by atoms with E-state index >= 15 is 0 Å². The molecule has 2 rings (SSSR count). The minimum Gasteiger partial charge on any atom is -0.383 e. The third kappa shape index (κ3) is 3.71. The number of nitrogens with zero attached hydrogens (tertiary/aromatic N) is 2. The summed E-state index contributed by atoms with van der Waals surface area (Å²) >= 11 is 0. The van der Waals surface area contributed by atoms with Crippen LogP contribution in [0.3, 0.4) is 0 Å². The fraction of sp³-hybridized carbons (Fsp3) is 0.500. The van der Waals surface area contributed by atoms with E-state index in [0.29, 0.717) is 24.9 Å². The number of hydrogen-bond donors (Lipinski definition) is 2. The number of nitrogens with one attached hydrogen (secondary N) is 1. The van der Waals surface area contributed by atoms with Crippen molar-refractivity contribution in [2.45, 2.75) is 25.4 Å². The smallest absolute Gasteiger partial charge is 0.234 e. The van der Waals surface area contributed by atoms with Crippen molar-refractivity contribution in [1.29, 1.82) is 0 Å². The Morgan fingerprint density at radius 2 is 2.41 bits per heavy atom. The summed E-state index contributed by atoms with van der Waals surface area (Å²) in [4.78, 5) is 17.5. The molecule has 5 heteroatoms. The van der Waals surface area contributed by atoms with Gasteiger partial charge in [-0.25, -0.2) is 4.98 Å². The molecular formula is C12H18N4O. The number of anilines is 1. The molecule has 0 atom stereocenters. The summed E-state index contributed by atoms with van der Waals surface area (Å²) in [6.07, 6.45) is 3.90. The van der Waals surface area contributed by atoms with E-state index in [4.69, 9.17) is 5.73 Å². The Hall–Kier alpha value is -1.62. The van der Waals surface area contributed by atoms with E-state index in [-0.39, 0.29) is 5.91 Å². The molecule has 0 unspecified atom stereocenters. The second-order valence-electron chi connectivity index (χ2n) is 4.56. The second kappa shape index (κ2) is 5.14. The Kier molecular flexibility index (Phi) is 3.58. The Bertz CT molecular complexity index is 403. The van der Waals surface area contributed by atoms with Crippen molar-refractivity contribution < 1.29 is 4.79 Å². The van der Waals surface area contributed by atoms with Crippen LogP contribution in [0.4, 0.5) is 5.82 Å². The van der Waals surface area contributed by atoms with E-state index in [1.165, 1.54) is 0 Å². The highest BCUT2D eigenvalue weighted by Gasteiger charge is 2.23. The number of carbonyl (C=O) groups excluding carboxylic acids is 1. The van der Waals surface area contributed by atoms with Crippen LogP contribution < -0.4 is 11.1 Å². The molecule has 0 bridgehead atoms. The van der Waals surface area contributed by atoms with Gasteiger partial charge in [-0.3, -0.25) is 9.69 Å². The molecule has 5 nitrogen and oxygen atoms in total. The van der Waals surface area contributed by atoms with Crippen LogP contribution >= 0.6 is 0 Å². The first-order chi connectivity index (χ1) is 8.15. The van der Waals surface area contributed by atoms with E-state index in [2.05, 4.69) is 10.3 Å². The van der Waals surface area contributed by atoms with Crippen molar-refractivity contribution in [3.8, 4) is 0 Å². The van der Waals surface area contributed by atoms with Gasteiger partial charge in [-0.15, -0.1) is 0 Å². The molecular weight excluding hydrogens is 216 g/mol. The maximum absolute atomic E-state index is 11.6. The molecule has 0 radical (unpaired) electrons. The number of amides is 1. The molecule has 1 aromatic heterocycles. The lowest BCUT2D eigenvalue weighted by atomic mass is 10.2. The van der Waals surface area contributed by atoms with Gasteiger partial charge < -0.3 is 11.1 Å². The molecule has 1 fully saturated rings. The van der Waals surface area contributed by atoms with Crippen molar-refractivity contribution in [2.75, 3.05) is 19.3 Å². The number of likely N-dealkylation sites (N-methyl/N-ethyl adjacent to an activating group) is 1. The van der Waals surface area contributed by atoms with Crippen LogP contribution in [0.2, 0.25) is 0 Å². The number of rotatable bonds is 5. The predicted molar refractivity (Wildman–Crippen MR) is 66.1 cm³/mol. The van der Waals surface area contributed by atoms with Crippen molar-refractivity contribution in [3.63, 3.8) is 0 Å². The zero-order chi connectivity index (χ0) is 12.3. The molecule has 1 aliphatic carbocycles. The van der Waals surface area contributed by atoms with E-state index in [1.54, 1.807) is 6.20 Å². The largest absolute Gasteiger partial charge is 0.383 e. The third-order valence-corrected chi connectivity index (χ3v) is 2.72. The highest BCUT2D eigenvalue weighted by molar-refractivity contribution is 5.78. The topological polar surface area (TPSA) is 71.2 Å². The van der Waals surface area contributed by atoms with Gasteiger partial charge in [0.05, 0.1) is 6.54 Å². The molecule has 1 amide bonds. The maximum atomic E-state index is 11.6. The summed E-state index contributed by atoms with van der Waals surface area (Å²) in [6.45, 7) is 1.03. The van der Waals surface area contributed by atoms with Gasteiger partial charge in [0.2, 0.25) is 5.91 Å². The molecule has 17 heavy (non-hydrogen) atoms. The lowest BCUT2D eigenvalue weighted by Gasteiger charge is -2.16. The zero-order valence-electron chi connectivity index (χ0n) is 10.0. The van der Waals surface area contributed by atoms with Crippen molar-refractivity contribution in [3.05, 3.63) is 23.9 Å². The minimum atomic E-state index is 0.0810. The van der Waals surface area contributed by atoms with Crippen LogP contribution in [0.15, 0.2) is 18.3 Å². The quantitative estimate of drug-likeness (QED) is 0.772. The fourth-order valence-corrected chi connectivity index (χ4v) is 1.68. The fourth-order valence-electron chi connectivity index (χ4n) is 1.68. The van der Waals surface area contributed by atoms with Gasteiger partial charge in [0, 0.05) is 24.3 Å². The lowest BCUT2D eigenvalue weighted by molar-refractivity contribution is -0.122. The van der Waals surface area contributed by atoms with Gasteiger partial charge >= 0.3 is 0 Å². The number of pyridine rings is 1. The van der Waals surface area contributed by atoms with Gasteiger partial charge in [-0.05, 0) is 26.0 Å². The molecule has 1 saturated carbocycles. The molecule has 1 heterocycles. The zero-order valence-corrected chi connectivity index (χ0v) is 10.0. The van der Waals surface area contributed by atoms with E-state index in [1.807, 2.05) is 24.1 Å². The standard InChI is InChI=1S/C12H18N4O/c1-16(8-11(17)15-10-4-5-10)7-9-3-2-6-14-12(9)13/h2-3,6,10H,4-5,7-8H2,1H3,(H2,13,14)(H,15,17). The molecule has 0 spiro atoms. The molecule has 3 N–H and O–H groups in total. The Morgan fingerprint density at radius 3 is 3.06 bits per heavy atom. The van der Waals surface area contributed by atoms with E-state index in [0.717, 1.165) is 18.4 Å². The van der Waals surface area contributed by atoms with Crippen LogP contribution in [0, 0.1) is 0 Å². The predicted octanol–water partition coefficient (Wildman–Crippen LogP) is 0.374. The monoisotopic (exact) mass is 234 g/mol. The average molecular weight is 234 g/mol. The van der Waals surface area contributed by atoms with Gasteiger partial charge in [-0.1, -0.05) is 6.07 Å². The second-order valence-corrected chi connectivity index (χ2v) is 4.56. The van der Waals surface area contributed by atoms with Crippen LogP contribution in [0.1, 0.15) is 18.4 Å². The summed E-state index contributed by atoms with van der Waals surface area (Å²) < 4.78 is 0. The van der Waals surface area contributed by atoms with E-state index < -0.39 is 0 Å². The highest BCUT2D eigenvalue weighted by Crippen LogP contribution is 2.18. The minimum absolute atomic E-state index is 0.0810. The number of nitrogens with two attached hydrogens (primary N) is 1. The first kappa shape index (κ1) is 11.9. The maximum Gasteiger partial charge on any atom is 0.234 e. The molecule has 0 saturated heterocycles. The molecule has 1 aliphatic rings. The van der Waals surface area contributed by atoms with E-state index in [9.17, 15) is 4.79 Å². The van der Waals surface area contributed by atoms with Crippen LogP contribution in [0.5, 0.6) is 0 Å². The Labute approximate surface area is 101 Å². The number of aromatic nitrogens is 1. The van der Waals surface area contributed by atoms with Gasteiger partial charge in [0.15, 0.2) is 0 Å². The SMILES string of the molecule is CN(CC(=O)NC1CC1)Cc1cccnc1N. The van der Waals surface area contributed by atoms with Crippen LogP contribution in [0.25, 0.3) is 0 Å². The number of hydrogen-bond acceptors (Lipinski definition) is 4. The third-order valence-electron chi connectivity index (χ3n) is 2.72. The highest BCUT2D eigenvalue weighted by atomic mass is 16.2. The molecule has 1 aromatic rings. The Balaban J connectivity index is 1.81.